The van der Waals surface area contributed by atoms with Crippen LogP contribution in [0.2, 0.25) is 0 Å². The van der Waals surface area contributed by atoms with Crippen LogP contribution in [0.5, 0.6) is 0 Å². The van der Waals surface area contributed by atoms with Gasteiger partial charge in [-0.15, -0.1) is 0 Å². The number of nitrogens with one attached hydrogen (secondary N) is 2. The lowest BCUT2D eigenvalue weighted by atomic mass is 9.98. The highest BCUT2D eigenvalue weighted by molar-refractivity contribution is 7.89. The molecule has 8 heteroatoms. The molecule has 0 spiro atoms. The van der Waals surface area contributed by atoms with Crippen molar-refractivity contribution in [1.29, 1.82) is 0 Å². The third kappa shape index (κ3) is 5.62. The molecule has 31 heavy (non-hydrogen) atoms. The van der Waals surface area contributed by atoms with Crippen LogP contribution >= 0.6 is 0 Å². The Morgan fingerprint density at radius 1 is 0.839 bits per heavy atom. The predicted molar refractivity (Wildman–Crippen MR) is 115 cm³/mol. The van der Waals surface area contributed by atoms with E-state index in [0.29, 0.717) is 0 Å². The average molecular weight is 440 g/mol. The molecule has 3 rings (SSSR count). The number of rotatable bonds is 8. The smallest absolute Gasteiger partial charge is 0.252 e. The molecule has 0 atom stereocenters. The topological polar surface area (TPSA) is 92.3 Å². The molecule has 0 bridgehead atoms. The Bertz CT molecular complexity index is 1190. The fourth-order valence-electron chi connectivity index (χ4n) is 2.89. The zero-order valence-corrected chi connectivity index (χ0v) is 17.6. The Morgan fingerprint density at radius 3 is 2.10 bits per heavy atom. The Balaban J connectivity index is 1.63. The fourth-order valence-corrected chi connectivity index (χ4v) is 3.93. The van der Waals surface area contributed by atoms with Crippen LogP contribution < -0.4 is 10.0 Å². The van der Waals surface area contributed by atoms with Crippen molar-refractivity contribution in [2.24, 2.45) is 0 Å². The lowest BCUT2D eigenvalue weighted by Crippen LogP contribution is -2.35. The molecule has 1 amide bonds. The number of hydrogen-bond donors (Lipinski definition) is 2. The van der Waals surface area contributed by atoms with Crippen molar-refractivity contribution in [2.45, 2.75) is 11.8 Å². The van der Waals surface area contributed by atoms with Gasteiger partial charge in [0, 0.05) is 24.2 Å². The average Bonchev–Trinajstić information content (AvgIpc) is 2.77. The lowest BCUT2D eigenvalue weighted by molar-refractivity contribution is 0.0942. The summed E-state index contributed by atoms with van der Waals surface area (Å²) in [5.41, 5.74) is 1.53. The monoisotopic (exact) mass is 440 g/mol. The molecule has 0 fully saturated rings. The van der Waals surface area contributed by atoms with Gasteiger partial charge in [-0.1, -0.05) is 35.9 Å². The number of amides is 1. The first-order chi connectivity index (χ1) is 14.8. The van der Waals surface area contributed by atoms with Crippen LogP contribution in [0.15, 0.2) is 77.7 Å². The first kappa shape index (κ1) is 22.3. The Hall–Kier alpha value is -3.36. The van der Waals surface area contributed by atoms with Crippen molar-refractivity contribution in [3.63, 3.8) is 0 Å². The zero-order chi connectivity index (χ0) is 22.4. The first-order valence-corrected chi connectivity index (χ1v) is 11.0. The second-order valence-electron chi connectivity index (χ2n) is 6.85. The van der Waals surface area contributed by atoms with Gasteiger partial charge in [-0.3, -0.25) is 9.59 Å². The van der Waals surface area contributed by atoms with Crippen molar-refractivity contribution < 1.29 is 22.4 Å². The van der Waals surface area contributed by atoms with Crippen LogP contribution in [-0.4, -0.2) is 33.2 Å². The lowest BCUT2D eigenvalue weighted by Gasteiger charge is -2.11. The molecule has 0 aliphatic rings. The van der Waals surface area contributed by atoms with Crippen molar-refractivity contribution in [1.82, 2.24) is 10.0 Å². The van der Waals surface area contributed by atoms with E-state index in [4.69, 9.17) is 0 Å². The summed E-state index contributed by atoms with van der Waals surface area (Å²) in [5.74, 6) is -1.39. The summed E-state index contributed by atoms with van der Waals surface area (Å²) in [7, 11) is -3.69. The second-order valence-corrected chi connectivity index (χ2v) is 8.62. The van der Waals surface area contributed by atoms with Crippen LogP contribution in [-0.2, 0) is 10.0 Å². The van der Waals surface area contributed by atoms with Crippen molar-refractivity contribution >= 4 is 21.7 Å². The molecule has 6 nitrogen and oxygen atoms in total. The van der Waals surface area contributed by atoms with E-state index < -0.39 is 27.5 Å². The van der Waals surface area contributed by atoms with Gasteiger partial charge >= 0.3 is 0 Å². The summed E-state index contributed by atoms with van der Waals surface area (Å²) < 4.78 is 40.1. The Kier molecular flexibility index (Phi) is 6.94. The van der Waals surface area contributed by atoms with Gasteiger partial charge in [0.2, 0.25) is 10.0 Å². The summed E-state index contributed by atoms with van der Waals surface area (Å²) in [6, 6.07) is 17.7. The van der Waals surface area contributed by atoms with E-state index >= 15 is 0 Å². The van der Waals surface area contributed by atoms with Crippen molar-refractivity contribution in [3.8, 4) is 0 Å². The largest absolute Gasteiger partial charge is 0.351 e. The van der Waals surface area contributed by atoms with Crippen molar-refractivity contribution in [3.05, 3.63) is 101 Å². The molecule has 2 N–H and O–H groups in total. The molecule has 160 valence electrons. The van der Waals surface area contributed by atoms with Gasteiger partial charge in [0.1, 0.15) is 5.82 Å². The molecular weight excluding hydrogens is 419 g/mol. The number of carbonyl (C=O) groups is 2. The highest BCUT2D eigenvalue weighted by Gasteiger charge is 2.18. The molecular formula is C23H21FN2O4S. The molecule has 0 unspecified atom stereocenters. The van der Waals surface area contributed by atoms with Crippen LogP contribution in [0.3, 0.4) is 0 Å². The third-order valence-corrected chi connectivity index (χ3v) is 6.03. The van der Waals surface area contributed by atoms with Gasteiger partial charge in [0.15, 0.2) is 5.78 Å². The molecule has 0 saturated carbocycles. The highest BCUT2D eigenvalue weighted by atomic mass is 32.2. The van der Waals surface area contributed by atoms with E-state index in [0.717, 1.165) is 5.56 Å². The van der Waals surface area contributed by atoms with E-state index in [1.54, 1.807) is 24.3 Å². The van der Waals surface area contributed by atoms with Gasteiger partial charge in [0.05, 0.1) is 10.5 Å². The van der Waals surface area contributed by atoms with E-state index in [1.807, 2.05) is 6.92 Å². The fraction of sp³-hybridized carbons (Fsp3) is 0.130. The minimum Gasteiger partial charge on any atom is -0.351 e. The van der Waals surface area contributed by atoms with E-state index in [-0.39, 0.29) is 34.7 Å². The summed E-state index contributed by atoms with van der Waals surface area (Å²) >= 11 is 0. The first-order valence-electron chi connectivity index (χ1n) is 9.52. The Morgan fingerprint density at radius 2 is 1.45 bits per heavy atom. The van der Waals surface area contributed by atoms with Crippen LogP contribution in [0.4, 0.5) is 4.39 Å². The Labute approximate surface area is 180 Å². The number of aryl methyl sites for hydroxylation is 1. The van der Waals surface area contributed by atoms with Crippen molar-refractivity contribution in [2.75, 3.05) is 13.1 Å². The standard InChI is InChI=1S/C23H21FN2O4S/c1-16-6-12-19(13-7-16)31(29,30)26-15-14-25-23(28)21-5-3-2-4-20(21)22(27)17-8-10-18(24)11-9-17/h2-13,26H,14-15H2,1H3,(H,25,28). The van der Waals surface area contributed by atoms with E-state index in [2.05, 4.69) is 10.0 Å². The van der Waals surface area contributed by atoms with Crippen LogP contribution in [0, 0.1) is 12.7 Å². The number of benzene rings is 3. The van der Waals surface area contributed by atoms with Crippen LogP contribution in [0.1, 0.15) is 31.8 Å². The summed E-state index contributed by atoms with van der Waals surface area (Å²) in [6.07, 6.45) is 0. The van der Waals surface area contributed by atoms with Crippen LogP contribution in [0.25, 0.3) is 0 Å². The van der Waals surface area contributed by atoms with Gasteiger partial charge in [-0.25, -0.2) is 17.5 Å². The number of sulfonamides is 1. The second kappa shape index (κ2) is 9.63. The molecule has 0 aliphatic carbocycles. The molecule has 0 radical (unpaired) electrons. The summed E-state index contributed by atoms with van der Waals surface area (Å²) in [6.45, 7) is 1.87. The molecule has 3 aromatic carbocycles. The minimum absolute atomic E-state index is 0.0178. The van der Waals surface area contributed by atoms with Gasteiger partial charge in [-0.05, 0) is 49.4 Å². The summed E-state index contributed by atoms with van der Waals surface area (Å²) in [4.78, 5) is 25.5. The number of ketones is 1. The maximum absolute atomic E-state index is 13.1. The zero-order valence-electron chi connectivity index (χ0n) is 16.8. The van der Waals surface area contributed by atoms with E-state index in [1.165, 1.54) is 48.5 Å². The van der Waals surface area contributed by atoms with Gasteiger partial charge in [-0.2, -0.15) is 0 Å². The number of hydrogen-bond acceptors (Lipinski definition) is 4. The van der Waals surface area contributed by atoms with Gasteiger partial charge < -0.3 is 5.32 Å². The maximum Gasteiger partial charge on any atom is 0.252 e. The van der Waals surface area contributed by atoms with Gasteiger partial charge in [0.25, 0.3) is 5.91 Å². The maximum atomic E-state index is 13.1. The molecule has 0 saturated heterocycles. The molecule has 3 aromatic rings. The molecule has 0 aliphatic heterocycles. The van der Waals surface area contributed by atoms with E-state index in [9.17, 15) is 22.4 Å². The predicted octanol–water partition coefficient (Wildman–Crippen LogP) is 3.07. The number of carbonyl (C=O) groups excluding carboxylic acids is 2. The number of halogens is 1. The molecule has 0 heterocycles. The third-order valence-electron chi connectivity index (χ3n) is 4.56. The minimum atomic E-state index is -3.69. The quantitative estimate of drug-likeness (QED) is 0.416. The summed E-state index contributed by atoms with van der Waals surface area (Å²) in [5, 5.41) is 2.61. The SMILES string of the molecule is Cc1ccc(S(=O)(=O)NCCNC(=O)c2ccccc2C(=O)c2ccc(F)cc2)cc1. The normalized spacial score (nSPS) is 11.2. The highest BCUT2D eigenvalue weighted by Crippen LogP contribution is 2.15. The molecule has 0 aromatic heterocycles.